The van der Waals surface area contributed by atoms with Crippen LogP contribution < -0.4 is 10.3 Å². The molecule has 0 heterocycles. The van der Waals surface area contributed by atoms with Crippen molar-refractivity contribution >= 4 is 22.5 Å². The molecule has 26 heavy (non-hydrogen) atoms. The molecule has 2 atom stereocenters. The van der Waals surface area contributed by atoms with E-state index in [2.05, 4.69) is 83.1 Å². The summed E-state index contributed by atoms with van der Waals surface area (Å²) in [5.74, 6) is 0. The summed E-state index contributed by atoms with van der Waals surface area (Å²) in [7, 11) is 0. The average molecular weight is 390 g/mol. The van der Waals surface area contributed by atoms with Gasteiger partial charge in [0.05, 0.1) is 0 Å². The van der Waals surface area contributed by atoms with Gasteiger partial charge in [0, 0.05) is 22.5 Å². The van der Waals surface area contributed by atoms with Crippen LogP contribution in [0.1, 0.15) is 0 Å². The summed E-state index contributed by atoms with van der Waals surface area (Å²) in [6.07, 6.45) is 0. The molecule has 138 valence electrons. The normalized spacial score (nSPS) is 11.8. The van der Waals surface area contributed by atoms with Crippen LogP contribution in [-0.4, -0.2) is 17.5 Å². The Bertz CT molecular complexity index is 756. The maximum Gasteiger partial charge on any atom is 0.0152 e. The zero-order valence-electron chi connectivity index (χ0n) is 13.7. The summed E-state index contributed by atoms with van der Waals surface area (Å²) >= 11 is -4.72. The quantitative estimate of drug-likeness (QED) is 0.650. The molecule has 0 spiro atoms. The second-order valence-corrected chi connectivity index (χ2v) is 5.88. The lowest BCUT2D eigenvalue weighted by molar-refractivity contribution is 0.537. The van der Waals surface area contributed by atoms with Crippen LogP contribution in [0, 0.1) is 0 Å². The van der Waals surface area contributed by atoms with Crippen molar-refractivity contribution in [2.45, 2.75) is 0 Å². The Hall–Kier alpha value is -2.20. The molecular formula is C18H18N2O4S2-2. The Labute approximate surface area is 157 Å². The third-order valence-electron chi connectivity index (χ3n) is 3.08. The van der Waals surface area contributed by atoms with E-state index in [1.165, 1.54) is 22.3 Å². The second kappa shape index (κ2) is 12.2. The first-order valence-corrected chi connectivity index (χ1v) is 9.56. The summed E-state index contributed by atoms with van der Waals surface area (Å²) in [5, 5.41) is 8.06. The lowest BCUT2D eigenvalue weighted by Gasteiger charge is -2.05. The third kappa shape index (κ3) is 9.33. The largest absolute Gasteiger partial charge is 0.760 e. The van der Waals surface area contributed by atoms with Crippen LogP contribution in [0.3, 0.4) is 0 Å². The van der Waals surface area contributed by atoms with Crippen molar-refractivity contribution in [3.63, 3.8) is 0 Å². The number of hydrogen-bond acceptors (Lipinski definition) is 4. The first kappa shape index (κ1) is 21.8. The summed E-state index contributed by atoms with van der Waals surface area (Å²) in [4.78, 5) is 0. The predicted molar refractivity (Wildman–Crippen MR) is 104 cm³/mol. The molecular weight excluding hydrogens is 372 g/mol. The van der Waals surface area contributed by atoms with E-state index in [0.717, 1.165) is 0 Å². The Morgan fingerprint density at radius 1 is 0.538 bits per heavy atom. The van der Waals surface area contributed by atoms with E-state index in [9.17, 15) is 0 Å². The van der Waals surface area contributed by atoms with Gasteiger partial charge in [-0.3, -0.25) is 18.7 Å². The lowest BCUT2D eigenvalue weighted by atomic mass is 9.99. The minimum atomic E-state index is -2.36. The number of hydrogen-bond donors (Lipinski definition) is 2. The van der Waals surface area contributed by atoms with Gasteiger partial charge in [0.2, 0.25) is 0 Å². The Morgan fingerprint density at radius 2 is 0.808 bits per heavy atom. The van der Waals surface area contributed by atoms with Crippen molar-refractivity contribution in [2.24, 2.45) is 10.3 Å². The Morgan fingerprint density at radius 3 is 1.12 bits per heavy atom. The van der Waals surface area contributed by atoms with Crippen molar-refractivity contribution in [3.8, 4) is 22.3 Å². The molecule has 0 radical (unpaired) electrons. The zero-order valence-corrected chi connectivity index (χ0v) is 15.3. The van der Waals surface area contributed by atoms with Gasteiger partial charge in [-0.15, -0.1) is 0 Å². The second-order valence-electron chi connectivity index (χ2n) is 4.83. The fraction of sp³-hybridized carbons (Fsp3) is 0. The average Bonchev–Trinajstić information content (AvgIpc) is 2.62. The first-order valence-electron chi connectivity index (χ1n) is 7.28. The highest BCUT2D eigenvalue weighted by Crippen LogP contribution is 2.25. The van der Waals surface area contributed by atoms with E-state index >= 15 is 0 Å². The van der Waals surface area contributed by atoms with Gasteiger partial charge >= 0.3 is 0 Å². The first-order chi connectivity index (χ1) is 12.4. The number of benzene rings is 3. The molecule has 0 aromatic heterocycles. The monoisotopic (exact) mass is 390 g/mol. The van der Waals surface area contributed by atoms with Crippen LogP contribution in [0.15, 0.2) is 84.9 Å². The van der Waals surface area contributed by atoms with Crippen LogP contribution in [0.5, 0.6) is 0 Å². The van der Waals surface area contributed by atoms with E-state index in [-0.39, 0.29) is 0 Å². The van der Waals surface area contributed by atoms with Gasteiger partial charge in [-0.1, -0.05) is 78.9 Å². The van der Waals surface area contributed by atoms with Crippen LogP contribution in [0.2, 0.25) is 0 Å². The van der Waals surface area contributed by atoms with Gasteiger partial charge in [0.25, 0.3) is 0 Å². The van der Waals surface area contributed by atoms with Crippen LogP contribution in [0.25, 0.3) is 22.3 Å². The molecule has 0 fully saturated rings. The molecule has 3 aromatic rings. The molecule has 0 aliphatic heterocycles. The van der Waals surface area contributed by atoms with Crippen molar-refractivity contribution < 1.29 is 17.5 Å². The Kier molecular flexibility index (Phi) is 10.3. The van der Waals surface area contributed by atoms with Gasteiger partial charge in [-0.05, 0) is 28.3 Å². The fourth-order valence-electron chi connectivity index (χ4n) is 2.14. The van der Waals surface area contributed by atoms with E-state index in [0.29, 0.717) is 0 Å². The summed E-state index contributed by atoms with van der Waals surface area (Å²) in [6, 6.07) is 29.6. The SMILES string of the molecule is NS(=O)[O-].NS(=O)[O-].c1ccc(-c2cccc(-c3ccccc3)c2)cc1. The highest BCUT2D eigenvalue weighted by molar-refractivity contribution is 7.76. The van der Waals surface area contributed by atoms with Crippen molar-refractivity contribution in [1.82, 2.24) is 0 Å². The summed E-state index contributed by atoms with van der Waals surface area (Å²) < 4.78 is 35.1. The van der Waals surface area contributed by atoms with E-state index in [4.69, 9.17) is 17.5 Å². The predicted octanol–water partition coefficient (Wildman–Crippen LogP) is 2.50. The van der Waals surface area contributed by atoms with Crippen molar-refractivity contribution in [3.05, 3.63) is 84.9 Å². The standard InChI is InChI=1S/C18H14.2H3NO2S/c1-3-8-15(9-4-1)17-12-7-13-18(14-17)16-10-5-2-6-11-16;2*1-4(2)3/h1-14H;2*1H2,(H,2,3)/p-2. The third-order valence-corrected chi connectivity index (χ3v) is 3.08. The maximum atomic E-state index is 8.78. The van der Waals surface area contributed by atoms with Crippen LogP contribution in [-0.2, 0) is 22.5 Å². The molecule has 3 aromatic carbocycles. The minimum Gasteiger partial charge on any atom is -0.760 e. The number of nitrogens with two attached hydrogens (primary N) is 2. The molecule has 3 rings (SSSR count). The molecule has 0 aliphatic carbocycles. The smallest absolute Gasteiger partial charge is 0.0152 e. The molecule has 0 saturated heterocycles. The molecule has 6 nitrogen and oxygen atoms in total. The maximum absolute atomic E-state index is 8.78. The van der Waals surface area contributed by atoms with E-state index in [1.807, 2.05) is 12.1 Å². The van der Waals surface area contributed by atoms with Gasteiger partial charge in [-0.2, -0.15) is 0 Å². The van der Waals surface area contributed by atoms with Gasteiger partial charge in [0.1, 0.15) is 0 Å². The van der Waals surface area contributed by atoms with Gasteiger partial charge in [0.15, 0.2) is 0 Å². The van der Waals surface area contributed by atoms with Gasteiger partial charge < -0.3 is 9.11 Å². The van der Waals surface area contributed by atoms with E-state index < -0.39 is 22.5 Å². The highest BCUT2D eigenvalue weighted by Gasteiger charge is 2.00. The molecule has 8 heteroatoms. The topological polar surface area (TPSA) is 132 Å². The Balaban J connectivity index is 0.000000360. The number of rotatable bonds is 2. The van der Waals surface area contributed by atoms with Crippen molar-refractivity contribution in [2.75, 3.05) is 0 Å². The summed E-state index contributed by atoms with van der Waals surface area (Å²) in [5.41, 5.74) is 5.04. The van der Waals surface area contributed by atoms with Crippen LogP contribution >= 0.6 is 0 Å². The molecule has 0 bridgehead atoms. The molecule has 0 amide bonds. The zero-order chi connectivity index (χ0) is 19.4. The lowest BCUT2D eigenvalue weighted by Crippen LogP contribution is -1.97. The van der Waals surface area contributed by atoms with E-state index in [1.54, 1.807) is 0 Å². The molecule has 4 N–H and O–H groups in total. The molecule has 0 aliphatic rings. The highest BCUT2D eigenvalue weighted by atomic mass is 32.2. The van der Waals surface area contributed by atoms with Gasteiger partial charge in [-0.25, -0.2) is 0 Å². The minimum absolute atomic E-state index is 1.26. The summed E-state index contributed by atoms with van der Waals surface area (Å²) in [6.45, 7) is 0. The van der Waals surface area contributed by atoms with Crippen molar-refractivity contribution in [1.29, 1.82) is 0 Å². The molecule has 0 saturated carbocycles. The van der Waals surface area contributed by atoms with Crippen LogP contribution in [0.4, 0.5) is 0 Å². The fourth-order valence-corrected chi connectivity index (χ4v) is 2.14. The molecule has 2 unspecified atom stereocenters.